The lowest BCUT2D eigenvalue weighted by Gasteiger charge is -2.45. The summed E-state index contributed by atoms with van der Waals surface area (Å²) in [5, 5.41) is 0. The second kappa shape index (κ2) is 10.3. The van der Waals surface area contributed by atoms with Gasteiger partial charge in [0.05, 0.1) is 10.9 Å². The molecule has 0 spiro atoms. The van der Waals surface area contributed by atoms with Crippen LogP contribution in [0.1, 0.15) is 64.2 Å². The van der Waals surface area contributed by atoms with Crippen LogP contribution in [0.4, 0.5) is 4.39 Å². The van der Waals surface area contributed by atoms with Gasteiger partial charge in [0, 0.05) is 6.07 Å². The quantitative estimate of drug-likeness (QED) is 0.334. The molecule has 0 aliphatic heterocycles. The minimum absolute atomic E-state index is 0.179. The minimum atomic E-state index is -0.350. The van der Waals surface area contributed by atoms with Gasteiger partial charge < -0.3 is 4.74 Å². The largest absolute Gasteiger partial charge is 0.484 e. The van der Waals surface area contributed by atoms with Gasteiger partial charge in [0.25, 0.3) is 0 Å². The summed E-state index contributed by atoms with van der Waals surface area (Å²) in [6.07, 6.45) is 12.2. The predicted molar refractivity (Wildman–Crippen MR) is 134 cm³/mol. The Hall–Kier alpha value is -2.26. The van der Waals surface area contributed by atoms with Crippen molar-refractivity contribution in [3.8, 4) is 5.75 Å². The molecule has 0 atom stereocenters. The summed E-state index contributed by atoms with van der Waals surface area (Å²) in [4.78, 5) is 3.39. The van der Waals surface area contributed by atoms with E-state index in [9.17, 15) is 0 Å². The number of rotatable bonds is 6. The van der Waals surface area contributed by atoms with Crippen molar-refractivity contribution in [1.82, 2.24) is 0 Å². The summed E-state index contributed by atoms with van der Waals surface area (Å²) in [7, 11) is -0.350. The molecule has 2 saturated carbocycles. The van der Waals surface area contributed by atoms with Crippen LogP contribution in [0, 0.1) is 11.7 Å². The molecule has 2 fully saturated rings. The smallest absolute Gasteiger partial charge is 0.170 e. The Morgan fingerprint density at radius 3 is 1.82 bits per heavy atom. The van der Waals surface area contributed by atoms with E-state index in [-0.39, 0.29) is 22.3 Å². The fourth-order valence-electron chi connectivity index (χ4n) is 5.80. The highest BCUT2D eigenvalue weighted by Crippen LogP contribution is 2.45. The molecule has 0 amide bonds. The fraction of sp³-hybridized carbons (Fsp3) is 0.400. The SMILES string of the molecule is Fc1cc([S+](c2ccccc2)c2ccccc2)ccc1OC1(C2CCCCC2)CCCCC1. The van der Waals surface area contributed by atoms with E-state index >= 15 is 4.39 Å². The van der Waals surface area contributed by atoms with E-state index in [1.165, 1.54) is 61.2 Å². The van der Waals surface area contributed by atoms with Crippen LogP contribution in [0.15, 0.2) is 93.5 Å². The maximum Gasteiger partial charge on any atom is 0.170 e. The highest BCUT2D eigenvalue weighted by atomic mass is 32.2. The van der Waals surface area contributed by atoms with Crippen molar-refractivity contribution in [2.75, 3.05) is 0 Å². The first-order valence-electron chi connectivity index (χ1n) is 12.6. The Balaban J connectivity index is 1.46. The average Bonchev–Trinajstić information content (AvgIpc) is 2.88. The summed E-state index contributed by atoms with van der Waals surface area (Å²) < 4.78 is 22.3. The molecule has 0 heterocycles. The molecule has 0 unspecified atom stereocenters. The minimum Gasteiger partial charge on any atom is -0.484 e. The highest BCUT2D eigenvalue weighted by molar-refractivity contribution is 7.97. The lowest BCUT2D eigenvalue weighted by molar-refractivity contribution is -0.0405. The molecular weight excluding hydrogens is 427 g/mol. The van der Waals surface area contributed by atoms with Crippen molar-refractivity contribution < 1.29 is 9.13 Å². The number of halogens is 1. The number of hydrogen-bond donors (Lipinski definition) is 0. The van der Waals surface area contributed by atoms with E-state index < -0.39 is 0 Å². The molecule has 2 aliphatic rings. The lowest BCUT2D eigenvalue weighted by atomic mass is 9.69. The first-order chi connectivity index (χ1) is 16.3. The first kappa shape index (κ1) is 22.5. The van der Waals surface area contributed by atoms with Crippen LogP contribution in [0.25, 0.3) is 0 Å². The topological polar surface area (TPSA) is 9.23 Å². The van der Waals surface area contributed by atoms with Gasteiger partial charge in [-0.15, -0.1) is 0 Å². The van der Waals surface area contributed by atoms with Gasteiger partial charge in [0.15, 0.2) is 26.3 Å². The van der Waals surface area contributed by atoms with E-state index in [4.69, 9.17) is 4.74 Å². The summed E-state index contributed by atoms with van der Waals surface area (Å²) >= 11 is 0. The van der Waals surface area contributed by atoms with Gasteiger partial charge in [-0.3, -0.25) is 0 Å². The van der Waals surface area contributed by atoms with Gasteiger partial charge in [0.1, 0.15) is 5.60 Å². The van der Waals surface area contributed by atoms with Gasteiger partial charge in [0.2, 0.25) is 0 Å². The van der Waals surface area contributed by atoms with Crippen molar-refractivity contribution in [1.29, 1.82) is 0 Å². The molecular formula is C30H34FOS+. The predicted octanol–water partition coefficient (Wildman–Crippen LogP) is 8.58. The van der Waals surface area contributed by atoms with Crippen LogP contribution < -0.4 is 4.74 Å². The van der Waals surface area contributed by atoms with Crippen molar-refractivity contribution in [2.45, 2.75) is 84.5 Å². The number of hydrogen-bond acceptors (Lipinski definition) is 1. The molecule has 3 aromatic rings. The van der Waals surface area contributed by atoms with Crippen LogP contribution in [0.2, 0.25) is 0 Å². The van der Waals surface area contributed by atoms with Crippen molar-refractivity contribution in [2.24, 2.45) is 5.92 Å². The third kappa shape index (κ3) is 4.99. The molecule has 0 N–H and O–H groups in total. The molecule has 0 aromatic heterocycles. The van der Waals surface area contributed by atoms with E-state index in [0.717, 1.165) is 17.7 Å². The highest BCUT2D eigenvalue weighted by Gasteiger charge is 2.43. The molecule has 1 nitrogen and oxygen atoms in total. The van der Waals surface area contributed by atoms with E-state index in [1.807, 2.05) is 18.2 Å². The van der Waals surface area contributed by atoms with Gasteiger partial charge in [-0.25, -0.2) is 4.39 Å². The zero-order chi connectivity index (χ0) is 22.5. The third-order valence-electron chi connectivity index (χ3n) is 7.46. The fourth-order valence-corrected chi connectivity index (χ4v) is 7.90. The van der Waals surface area contributed by atoms with E-state index in [2.05, 4.69) is 54.6 Å². The molecule has 0 radical (unpaired) electrons. The van der Waals surface area contributed by atoms with Crippen LogP contribution in [0.3, 0.4) is 0 Å². The number of benzene rings is 3. The zero-order valence-electron chi connectivity index (χ0n) is 19.3. The molecule has 5 rings (SSSR count). The van der Waals surface area contributed by atoms with Crippen LogP contribution in [0.5, 0.6) is 5.75 Å². The second-order valence-electron chi connectivity index (χ2n) is 9.59. The van der Waals surface area contributed by atoms with Crippen LogP contribution in [-0.4, -0.2) is 5.60 Å². The molecule has 3 heteroatoms. The van der Waals surface area contributed by atoms with Crippen molar-refractivity contribution >= 4 is 10.9 Å². The molecule has 33 heavy (non-hydrogen) atoms. The lowest BCUT2D eigenvalue weighted by Crippen LogP contribution is -2.46. The normalized spacial score (nSPS) is 18.8. The first-order valence-corrected chi connectivity index (χ1v) is 13.8. The molecule has 0 saturated heterocycles. The maximum atomic E-state index is 15.6. The van der Waals surface area contributed by atoms with Gasteiger partial charge >= 0.3 is 0 Å². The number of ether oxygens (including phenoxy) is 1. The Kier molecular flexibility index (Phi) is 7.06. The summed E-state index contributed by atoms with van der Waals surface area (Å²) in [6, 6.07) is 26.5. The Morgan fingerprint density at radius 1 is 0.667 bits per heavy atom. The second-order valence-corrected chi connectivity index (χ2v) is 11.6. The van der Waals surface area contributed by atoms with Gasteiger partial charge in [-0.05, 0) is 80.8 Å². The monoisotopic (exact) mass is 461 g/mol. The summed E-state index contributed by atoms with van der Waals surface area (Å²) in [6.45, 7) is 0. The molecule has 0 bridgehead atoms. The zero-order valence-corrected chi connectivity index (χ0v) is 20.2. The molecule has 2 aliphatic carbocycles. The van der Waals surface area contributed by atoms with E-state index in [1.54, 1.807) is 6.07 Å². The summed E-state index contributed by atoms with van der Waals surface area (Å²) in [5.74, 6) is 0.780. The van der Waals surface area contributed by atoms with Gasteiger partial charge in [-0.2, -0.15) is 0 Å². The van der Waals surface area contributed by atoms with Crippen LogP contribution in [-0.2, 0) is 10.9 Å². The van der Waals surface area contributed by atoms with E-state index in [0.29, 0.717) is 11.7 Å². The molecule has 3 aromatic carbocycles. The maximum absolute atomic E-state index is 15.6. The summed E-state index contributed by atoms with van der Waals surface area (Å²) in [5.41, 5.74) is -0.179. The Labute approximate surface area is 200 Å². The standard InChI is InChI=1S/C30H34FOS/c31-28-23-27(33(25-15-7-2-8-16-25)26-17-9-3-10-18-26)19-20-29(28)32-30(21-11-4-12-22-30)24-13-5-1-6-14-24/h2-3,7-10,15-20,23-24H,1,4-6,11-14,21-22H2/q+1. The molecule has 172 valence electrons. The average molecular weight is 462 g/mol. The Bertz CT molecular complexity index is 984. The van der Waals surface area contributed by atoms with Crippen LogP contribution >= 0.6 is 0 Å². The Morgan fingerprint density at radius 2 is 1.24 bits per heavy atom. The third-order valence-corrected chi connectivity index (χ3v) is 9.67. The van der Waals surface area contributed by atoms with Crippen molar-refractivity contribution in [3.63, 3.8) is 0 Å². The van der Waals surface area contributed by atoms with Crippen molar-refractivity contribution in [3.05, 3.63) is 84.7 Å². The van der Waals surface area contributed by atoms with Gasteiger partial charge in [-0.1, -0.05) is 62.1 Å².